The Balaban J connectivity index is 1.46. The predicted octanol–water partition coefficient (Wildman–Crippen LogP) is 3.01. The number of thiazole rings is 1. The summed E-state index contributed by atoms with van der Waals surface area (Å²) in [6.45, 7) is 0.562. The van der Waals surface area contributed by atoms with Crippen LogP contribution in [0.15, 0.2) is 24.3 Å². The van der Waals surface area contributed by atoms with E-state index in [0.29, 0.717) is 23.7 Å². The fraction of sp³-hybridized carbons (Fsp3) is 0.353. The molecule has 1 aliphatic heterocycles. The van der Waals surface area contributed by atoms with E-state index in [4.69, 9.17) is 4.74 Å². The molecule has 0 saturated carbocycles. The molecule has 0 unspecified atom stereocenters. The van der Waals surface area contributed by atoms with E-state index in [9.17, 15) is 18.0 Å². The van der Waals surface area contributed by atoms with Gasteiger partial charge in [-0.3, -0.25) is 9.48 Å². The molecule has 0 spiro atoms. The van der Waals surface area contributed by atoms with Crippen LogP contribution in [-0.4, -0.2) is 33.8 Å². The number of hydrogen-bond donors (Lipinski definition) is 1. The van der Waals surface area contributed by atoms with E-state index < -0.39 is 11.9 Å². The van der Waals surface area contributed by atoms with Gasteiger partial charge in [0.2, 0.25) is 0 Å². The Bertz CT molecular complexity index is 963. The summed E-state index contributed by atoms with van der Waals surface area (Å²) >= 11 is 1.27. The molecule has 1 N–H and O–H groups in total. The number of halogens is 3. The lowest BCUT2D eigenvalue weighted by molar-refractivity contribution is -0.142. The average Bonchev–Trinajstić information content (AvgIpc) is 3.23. The van der Waals surface area contributed by atoms with Crippen LogP contribution >= 0.6 is 11.3 Å². The SMILES string of the molecule is O=C(NCCn1nc(C(F)(F)F)c2c1CCOC2)c1nc2ccccc2s1. The molecule has 0 radical (unpaired) electrons. The summed E-state index contributed by atoms with van der Waals surface area (Å²) < 4.78 is 46.8. The first-order valence-corrected chi connectivity index (χ1v) is 9.12. The average molecular weight is 396 g/mol. The summed E-state index contributed by atoms with van der Waals surface area (Å²) in [5, 5.41) is 6.74. The fourth-order valence-electron chi connectivity index (χ4n) is 3.04. The van der Waals surface area contributed by atoms with Crippen LogP contribution in [0.4, 0.5) is 13.2 Å². The van der Waals surface area contributed by atoms with Crippen LogP contribution in [-0.2, 0) is 30.5 Å². The van der Waals surface area contributed by atoms with Gasteiger partial charge in [-0.1, -0.05) is 12.1 Å². The van der Waals surface area contributed by atoms with E-state index in [1.54, 1.807) is 0 Å². The second kappa shape index (κ2) is 6.93. The zero-order valence-electron chi connectivity index (χ0n) is 14.0. The monoisotopic (exact) mass is 396 g/mol. The van der Waals surface area contributed by atoms with E-state index in [0.717, 1.165) is 10.2 Å². The molecule has 1 aliphatic rings. The summed E-state index contributed by atoms with van der Waals surface area (Å²) in [6, 6.07) is 7.40. The lowest BCUT2D eigenvalue weighted by Crippen LogP contribution is -2.28. The topological polar surface area (TPSA) is 69.0 Å². The number of nitrogens with one attached hydrogen (secondary N) is 1. The van der Waals surface area contributed by atoms with Crippen molar-refractivity contribution in [2.45, 2.75) is 25.7 Å². The van der Waals surface area contributed by atoms with Gasteiger partial charge in [0.15, 0.2) is 10.7 Å². The zero-order chi connectivity index (χ0) is 19.0. The van der Waals surface area contributed by atoms with Gasteiger partial charge in [0.1, 0.15) is 0 Å². The molecule has 0 aliphatic carbocycles. The normalized spacial score (nSPS) is 14.3. The Morgan fingerprint density at radius 2 is 2.15 bits per heavy atom. The van der Waals surface area contributed by atoms with Crippen LogP contribution in [0.2, 0.25) is 0 Å². The molecule has 3 heterocycles. The van der Waals surface area contributed by atoms with Gasteiger partial charge in [-0.25, -0.2) is 4.98 Å². The molecule has 0 fully saturated rings. The molecule has 10 heteroatoms. The molecule has 3 aromatic rings. The third-order valence-electron chi connectivity index (χ3n) is 4.26. The number of fused-ring (bicyclic) bond motifs is 2. The summed E-state index contributed by atoms with van der Waals surface area (Å²) in [4.78, 5) is 16.5. The van der Waals surface area contributed by atoms with Crippen molar-refractivity contribution in [1.82, 2.24) is 20.1 Å². The Morgan fingerprint density at radius 3 is 2.93 bits per heavy atom. The molecule has 0 bridgehead atoms. The molecule has 1 aromatic carbocycles. The van der Waals surface area contributed by atoms with Gasteiger partial charge in [-0.2, -0.15) is 18.3 Å². The molecule has 27 heavy (non-hydrogen) atoms. The van der Waals surface area contributed by atoms with Crippen LogP contribution in [0.5, 0.6) is 0 Å². The standard InChI is InChI=1S/C17H15F3N4O2S/c18-17(19,20)14-10-9-26-8-5-12(10)24(23-14)7-6-21-15(25)16-22-11-3-1-2-4-13(11)27-16/h1-4H,5-9H2,(H,21,25). The minimum Gasteiger partial charge on any atom is -0.376 e. The maximum absolute atomic E-state index is 13.2. The Morgan fingerprint density at radius 1 is 1.33 bits per heavy atom. The largest absolute Gasteiger partial charge is 0.435 e. The smallest absolute Gasteiger partial charge is 0.376 e. The number of ether oxygens (including phenoxy) is 1. The first-order chi connectivity index (χ1) is 12.9. The number of benzene rings is 1. The maximum Gasteiger partial charge on any atom is 0.435 e. The molecule has 4 rings (SSSR count). The van der Waals surface area contributed by atoms with Crippen molar-refractivity contribution < 1.29 is 22.7 Å². The molecule has 1 amide bonds. The first-order valence-electron chi connectivity index (χ1n) is 8.31. The van der Waals surface area contributed by atoms with Gasteiger partial charge in [0.05, 0.1) is 30.0 Å². The van der Waals surface area contributed by atoms with E-state index in [1.165, 1.54) is 16.0 Å². The van der Waals surface area contributed by atoms with Crippen molar-refractivity contribution in [3.63, 3.8) is 0 Å². The number of para-hydroxylation sites is 1. The number of amides is 1. The summed E-state index contributed by atoms with van der Waals surface area (Å²) in [5.74, 6) is -0.350. The van der Waals surface area contributed by atoms with E-state index in [2.05, 4.69) is 15.4 Å². The Kier molecular flexibility index (Phi) is 4.60. The van der Waals surface area contributed by atoms with Gasteiger partial charge in [-0.15, -0.1) is 11.3 Å². The second-order valence-corrected chi connectivity index (χ2v) is 7.07. The molecule has 142 valence electrons. The van der Waals surface area contributed by atoms with Gasteiger partial charge in [0.25, 0.3) is 5.91 Å². The van der Waals surface area contributed by atoms with Crippen LogP contribution < -0.4 is 5.32 Å². The number of carbonyl (C=O) groups is 1. The lowest BCUT2D eigenvalue weighted by atomic mass is 10.1. The van der Waals surface area contributed by atoms with Gasteiger partial charge < -0.3 is 10.1 Å². The van der Waals surface area contributed by atoms with Gasteiger partial charge in [0, 0.05) is 24.2 Å². The number of hydrogen-bond acceptors (Lipinski definition) is 5. The van der Waals surface area contributed by atoms with E-state index >= 15 is 0 Å². The third-order valence-corrected chi connectivity index (χ3v) is 5.30. The summed E-state index contributed by atoms with van der Waals surface area (Å²) in [5.41, 5.74) is 0.437. The first kappa shape index (κ1) is 17.9. The zero-order valence-corrected chi connectivity index (χ0v) is 14.9. The fourth-order valence-corrected chi connectivity index (χ4v) is 3.92. The van der Waals surface area contributed by atoms with Crippen LogP contribution in [0.3, 0.4) is 0 Å². The molecule has 6 nitrogen and oxygen atoms in total. The minimum atomic E-state index is -4.53. The summed E-state index contributed by atoms with van der Waals surface area (Å²) in [6.07, 6.45) is -4.16. The number of carbonyl (C=O) groups excluding carboxylic acids is 1. The van der Waals surface area contributed by atoms with Crippen molar-refractivity contribution in [3.8, 4) is 0 Å². The molecule has 0 atom stereocenters. The van der Waals surface area contributed by atoms with Crippen molar-refractivity contribution in [1.29, 1.82) is 0 Å². The van der Waals surface area contributed by atoms with Gasteiger partial charge >= 0.3 is 6.18 Å². The van der Waals surface area contributed by atoms with Crippen molar-refractivity contribution in [2.24, 2.45) is 0 Å². The van der Waals surface area contributed by atoms with E-state index in [-0.39, 0.29) is 31.2 Å². The number of rotatable bonds is 4. The van der Waals surface area contributed by atoms with Gasteiger partial charge in [-0.05, 0) is 12.1 Å². The number of alkyl halides is 3. The molecule has 0 saturated heterocycles. The van der Waals surface area contributed by atoms with Crippen molar-refractivity contribution in [3.05, 3.63) is 46.2 Å². The van der Waals surface area contributed by atoms with Crippen molar-refractivity contribution >= 4 is 27.5 Å². The highest BCUT2D eigenvalue weighted by Crippen LogP contribution is 2.34. The number of nitrogens with zero attached hydrogens (tertiary/aromatic N) is 3. The van der Waals surface area contributed by atoms with E-state index in [1.807, 2.05) is 24.3 Å². The Hall–Kier alpha value is -2.46. The van der Waals surface area contributed by atoms with Crippen LogP contribution in [0.25, 0.3) is 10.2 Å². The highest BCUT2D eigenvalue weighted by molar-refractivity contribution is 7.20. The van der Waals surface area contributed by atoms with Crippen LogP contribution in [0.1, 0.15) is 26.8 Å². The highest BCUT2D eigenvalue weighted by Gasteiger charge is 2.39. The summed E-state index contributed by atoms with van der Waals surface area (Å²) in [7, 11) is 0. The quantitative estimate of drug-likeness (QED) is 0.736. The molecular weight excluding hydrogens is 381 g/mol. The maximum atomic E-state index is 13.2. The van der Waals surface area contributed by atoms with Crippen molar-refractivity contribution in [2.75, 3.05) is 13.2 Å². The Labute approximate surface area is 156 Å². The third kappa shape index (κ3) is 3.54. The molecule has 2 aromatic heterocycles. The lowest BCUT2D eigenvalue weighted by Gasteiger charge is -2.15. The number of aromatic nitrogens is 3. The molecular formula is C17H15F3N4O2S. The highest BCUT2D eigenvalue weighted by atomic mass is 32.1. The second-order valence-electron chi connectivity index (χ2n) is 6.04. The van der Waals surface area contributed by atoms with Crippen LogP contribution in [0, 0.1) is 0 Å². The predicted molar refractivity (Wildman–Crippen MR) is 92.5 cm³/mol. The minimum absolute atomic E-state index is 0.0891.